The van der Waals surface area contributed by atoms with Gasteiger partial charge in [0, 0.05) is 11.9 Å². The smallest absolute Gasteiger partial charge is 0.455 e. The molecule has 0 bridgehead atoms. The number of carbonyl (C=O) groups excluding carboxylic acids is 1. The summed E-state index contributed by atoms with van der Waals surface area (Å²) in [4.78, 5) is 10.8. The molecule has 0 fully saturated rings. The maximum atomic E-state index is 12.1. The Morgan fingerprint density at radius 3 is 2.42 bits per heavy atom. The molecule has 0 unspecified atom stereocenters. The summed E-state index contributed by atoms with van der Waals surface area (Å²) in [6.07, 6.45) is -3.94. The van der Waals surface area contributed by atoms with E-state index in [9.17, 15) is 18.0 Å². The number of hydrogen-bond donors (Lipinski definition) is 1. The molecule has 0 aliphatic carbocycles. The van der Waals surface area contributed by atoms with E-state index in [1.165, 1.54) is 0 Å². The number of Topliss-reactive ketones (excluding diaryl/α,β-unsaturated/α-hetero) is 1. The highest BCUT2D eigenvalue weighted by molar-refractivity contribution is 9.12. The number of allylic oxidation sites excluding steroid dienone is 1. The fraction of sp³-hybridized carbons (Fsp3) is 0.250. The van der Waals surface area contributed by atoms with Crippen molar-refractivity contribution in [3.05, 3.63) is 34.9 Å². The Labute approximate surface area is 116 Å². The number of ether oxygens (including phenoxy) is 1. The Morgan fingerprint density at radius 2 is 1.95 bits per heavy atom. The summed E-state index contributed by atoms with van der Waals surface area (Å²) in [7, 11) is 0. The number of alkyl halides is 3. The standard InChI is InChI=1S/C12H11BrF3NO2/c1-2-19-9-5-3-8(4-6-9)17-7-10(13)11(18)12(14,15)16/h3-7,17H,2H2,1H3. The molecule has 0 aromatic heterocycles. The van der Waals surface area contributed by atoms with Crippen molar-refractivity contribution in [2.24, 2.45) is 0 Å². The summed E-state index contributed by atoms with van der Waals surface area (Å²) in [6.45, 7) is 2.37. The molecule has 7 heteroatoms. The van der Waals surface area contributed by atoms with Crippen molar-refractivity contribution in [2.45, 2.75) is 13.1 Å². The number of nitrogens with one attached hydrogen (secondary N) is 1. The molecule has 0 spiro atoms. The first kappa shape index (κ1) is 15.6. The predicted octanol–water partition coefficient (Wildman–Crippen LogP) is 3.86. The number of benzene rings is 1. The van der Waals surface area contributed by atoms with Crippen LogP contribution in [-0.4, -0.2) is 18.6 Å². The predicted molar refractivity (Wildman–Crippen MR) is 69.3 cm³/mol. The van der Waals surface area contributed by atoms with Crippen molar-refractivity contribution in [1.29, 1.82) is 0 Å². The highest BCUT2D eigenvalue weighted by atomic mass is 79.9. The average molecular weight is 338 g/mol. The van der Waals surface area contributed by atoms with E-state index in [1.807, 2.05) is 6.92 Å². The van der Waals surface area contributed by atoms with Gasteiger partial charge in [-0.2, -0.15) is 13.2 Å². The monoisotopic (exact) mass is 337 g/mol. The van der Waals surface area contributed by atoms with Crippen LogP contribution in [0.4, 0.5) is 18.9 Å². The number of rotatable bonds is 5. The molecular weight excluding hydrogens is 327 g/mol. The number of ketones is 1. The van der Waals surface area contributed by atoms with E-state index < -0.39 is 16.4 Å². The Balaban J connectivity index is 2.67. The van der Waals surface area contributed by atoms with Gasteiger partial charge in [-0.25, -0.2) is 0 Å². The quantitative estimate of drug-likeness (QED) is 0.829. The van der Waals surface area contributed by atoms with Crippen LogP contribution < -0.4 is 10.1 Å². The first-order valence-electron chi connectivity index (χ1n) is 5.31. The fourth-order valence-corrected chi connectivity index (χ4v) is 1.50. The summed E-state index contributed by atoms with van der Waals surface area (Å²) >= 11 is 2.58. The van der Waals surface area contributed by atoms with Gasteiger partial charge in [-0.1, -0.05) is 0 Å². The second-order valence-corrected chi connectivity index (χ2v) is 4.28. The molecule has 0 radical (unpaired) electrons. The van der Waals surface area contributed by atoms with Crippen molar-refractivity contribution in [3.63, 3.8) is 0 Å². The largest absolute Gasteiger partial charge is 0.494 e. The van der Waals surface area contributed by atoms with Crippen LogP contribution in [0.25, 0.3) is 0 Å². The third-order valence-corrected chi connectivity index (χ3v) is 2.59. The summed E-state index contributed by atoms with van der Waals surface area (Å²) in [6, 6.07) is 6.58. The Kier molecular flexibility index (Phi) is 5.41. The minimum atomic E-state index is -4.89. The van der Waals surface area contributed by atoms with E-state index in [-0.39, 0.29) is 0 Å². The van der Waals surface area contributed by atoms with Gasteiger partial charge >= 0.3 is 6.18 Å². The van der Waals surface area contributed by atoms with Gasteiger partial charge in [-0.15, -0.1) is 0 Å². The van der Waals surface area contributed by atoms with E-state index in [0.717, 1.165) is 6.20 Å². The molecule has 0 atom stereocenters. The lowest BCUT2D eigenvalue weighted by Crippen LogP contribution is -2.22. The molecule has 0 aliphatic heterocycles. The zero-order valence-corrected chi connectivity index (χ0v) is 11.5. The molecule has 0 amide bonds. The summed E-state index contributed by atoms with van der Waals surface area (Å²) in [5.41, 5.74) is 0.537. The lowest BCUT2D eigenvalue weighted by molar-refractivity contribution is -0.165. The fourth-order valence-electron chi connectivity index (χ4n) is 1.16. The van der Waals surface area contributed by atoms with Crippen LogP contribution in [0.2, 0.25) is 0 Å². The first-order chi connectivity index (χ1) is 8.84. The number of hydrogen-bond acceptors (Lipinski definition) is 3. The van der Waals surface area contributed by atoms with Gasteiger partial charge in [0.15, 0.2) is 0 Å². The van der Waals surface area contributed by atoms with Gasteiger partial charge in [0.1, 0.15) is 5.75 Å². The maximum Gasteiger partial charge on any atom is 0.455 e. The SMILES string of the molecule is CCOc1ccc(NC=C(Br)C(=O)C(F)(F)F)cc1. The van der Waals surface area contributed by atoms with Crippen molar-refractivity contribution in [2.75, 3.05) is 11.9 Å². The molecule has 104 valence electrons. The molecule has 19 heavy (non-hydrogen) atoms. The Hall–Kier alpha value is -1.50. The molecule has 0 saturated carbocycles. The third kappa shape index (κ3) is 4.94. The van der Waals surface area contributed by atoms with E-state index in [0.29, 0.717) is 18.0 Å². The zero-order chi connectivity index (χ0) is 14.5. The molecule has 1 N–H and O–H groups in total. The van der Waals surface area contributed by atoms with Crippen molar-refractivity contribution < 1.29 is 22.7 Å². The minimum absolute atomic E-state index is 0.526. The molecule has 1 rings (SSSR count). The van der Waals surface area contributed by atoms with E-state index in [1.54, 1.807) is 24.3 Å². The van der Waals surface area contributed by atoms with Crippen LogP contribution in [0.3, 0.4) is 0 Å². The van der Waals surface area contributed by atoms with Crippen LogP contribution in [0.5, 0.6) is 5.75 Å². The van der Waals surface area contributed by atoms with Crippen LogP contribution >= 0.6 is 15.9 Å². The van der Waals surface area contributed by atoms with Crippen LogP contribution in [0, 0.1) is 0 Å². The zero-order valence-electron chi connectivity index (χ0n) is 9.92. The second kappa shape index (κ2) is 6.60. The van der Waals surface area contributed by atoms with Gasteiger partial charge in [0.05, 0.1) is 11.1 Å². The van der Waals surface area contributed by atoms with Crippen molar-refractivity contribution >= 4 is 27.4 Å². The third-order valence-electron chi connectivity index (χ3n) is 2.01. The lowest BCUT2D eigenvalue weighted by Gasteiger charge is -2.06. The minimum Gasteiger partial charge on any atom is -0.494 e. The average Bonchev–Trinajstić information content (AvgIpc) is 2.36. The number of carbonyl (C=O) groups is 1. The molecule has 0 heterocycles. The van der Waals surface area contributed by atoms with Gasteiger partial charge in [-0.3, -0.25) is 4.79 Å². The van der Waals surface area contributed by atoms with Crippen LogP contribution in [-0.2, 0) is 4.79 Å². The highest BCUT2D eigenvalue weighted by Gasteiger charge is 2.39. The van der Waals surface area contributed by atoms with E-state index >= 15 is 0 Å². The molecule has 1 aromatic carbocycles. The molecule has 0 aliphatic rings. The molecule has 0 saturated heterocycles. The Bertz CT molecular complexity index is 469. The Morgan fingerprint density at radius 1 is 1.37 bits per heavy atom. The van der Waals surface area contributed by atoms with Crippen LogP contribution in [0.15, 0.2) is 34.9 Å². The number of halogens is 4. The van der Waals surface area contributed by atoms with Crippen LogP contribution in [0.1, 0.15) is 6.92 Å². The van der Waals surface area contributed by atoms with E-state index in [4.69, 9.17) is 4.74 Å². The summed E-state index contributed by atoms with van der Waals surface area (Å²) in [5, 5.41) is 2.58. The molecule has 1 aromatic rings. The van der Waals surface area contributed by atoms with Gasteiger partial charge in [0.25, 0.3) is 5.78 Å². The molecular formula is C12H11BrF3NO2. The molecule has 3 nitrogen and oxygen atoms in total. The summed E-state index contributed by atoms with van der Waals surface area (Å²) < 4.78 is 40.9. The second-order valence-electron chi connectivity index (χ2n) is 3.42. The van der Waals surface area contributed by atoms with Gasteiger partial charge in [-0.05, 0) is 47.1 Å². The van der Waals surface area contributed by atoms with E-state index in [2.05, 4.69) is 21.2 Å². The maximum absolute atomic E-state index is 12.1. The highest BCUT2D eigenvalue weighted by Crippen LogP contribution is 2.24. The normalized spacial score (nSPS) is 12.2. The summed E-state index contributed by atoms with van der Waals surface area (Å²) in [5.74, 6) is -1.28. The van der Waals surface area contributed by atoms with Gasteiger partial charge in [0.2, 0.25) is 0 Å². The van der Waals surface area contributed by atoms with Crippen molar-refractivity contribution in [3.8, 4) is 5.75 Å². The number of anilines is 1. The van der Waals surface area contributed by atoms with Gasteiger partial charge < -0.3 is 10.1 Å². The first-order valence-corrected chi connectivity index (χ1v) is 6.10. The van der Waals surface area contributed by atoms with Crippen molar-refractivity contribution in [1.82, 2.24) is 0 Å². The lowest BCUT2D eigenvalue weighted by atomic mass is 10.3. The topological polar surface area (TPSA) is 38.3 Å².